The molecule has 0 unspecified atom stereocenters. The van der Waals surface area contributed by atoms with Crippen molar-refractivity contribution in [3.05, 3.63) is 28.6 Å². The second-order valence-electron chi connectivity index (χ2n) is 5.81. The Morgan fingerprint density at radius 2 is 2.19 bits per heavy atom. The third kappa shape index (κ3) is 4.37. The number of anilines is 1. The number of carbonyl (C=O) groups is 2. The van der Waals surface area contributed by atoms with Crippen LogP contribution in [0.25, 0.3) is 0 Å². The molecule has 0 aromatic carbocycles. The van der Waals surface area contributed by atoms with Gasteiger partial charge < -0.3 is 10.1 Å². The van der Waals surface area contributed by atoms with Gasteiger partial charge in [0.1, 0.15) is 10.3 Å². The molecule has 1 aliphatic rings. The van der Waals surface area contributed by atoms with Gasteiger partial charge in [-0.1, -0.05) is 12.5 Å². The summed E-state index contributed by atoms with van der Waals surface area (Å²) >= 11 is 2.22. The highest BCUT2D eigenvalue weighted by Crippen LogP contribution is 2.29. The Balaban J connectivity index is 1.75. The lowest BCUT2D eigenvalue weighted by Crippen LogP contribution is -2.49. The van der Waals surface area contributed by atoms with E-state index in [0.717, 1.165) is 29.1 Å². The summed E-state index contributed by atoms with van der Waals surface area (Å²) in [5.41, 5.74) is 0.115. The second kappa shape index (κ2) is 8.46. The Bertz CT molecular complexity index is 908. The summed E-state index contributed by atoms with van der Waals surface area (Å²) in [5.74, 6) is -1.01. The van der Waals surface area contributed by atoms with Crippen LogP contribution in [-0.2, 0) is 19.6 Å². The van der Waals surface area contributed by atoms with Crippen LogP contribution in [0.1, 0.15) is 36.7 Å². The number of thiazole rings is 1. The van der Waals surface area contributed by atoms with Crippen molar-refractivity contribution in [2.24, 2.45) is 0 Å². The number of nitrogens with zero attached hydrogens (tertiary/aromatic N) is 2. The van der Waals surface area contributed by atoms with E-state index in [2.05, 4.69) is 10.3 Å². The number of esters is 1. The largest absolute Gasteiger partial charge is 0.461 e. The van der Waals surface area contributed by atoms with Gasteiger partial charge in [-0.3, -0.25) is 4.79 Å². The van der Waals surface area contributed by atoms with Crippen LogP contribution in [0, 0.1) is 0 Å². The summed E-state index contributed by atoms with van der Waals surface area (Å²) in [6.07, 6.45) is 1.91. The van der Waals surface area contributed by atoms with E-state index < -0.39 is 27.9 Å². The Morgan fingerprint density at radius 3 is 2.89 bits per heavy atom. The zero-order chi connectivity index (χ0) is 19.4. The summed E-state index contributed by atoms with van der Waals surface area (Å²) in [4.78, 5) is 28.5. The molecule has 3 heterocycles. The smallest absolute Gasteiger partial charge is 0.357 e. The maximum atomic E-state index is 12.9. The van der Waals surface area contributed by atoms with Crippen LogP contribution in [0.5, 0.6) is 0 Å². The number of thiophene rings is 1. The van der Waals surface area contributed by atoms with Crippen LogP contribution in [0.3, 0.4) is 0 Å². The molecule has 146 valence electrons. The first-order valence-corrected chi connectivity index (χ1v) is 11.6. The molecule has 0 spiro atoms. The van der Waals surface area contributed by atoms with Crippen molar-refractivity contribution >= 4 is 49.7 Å². The predicted octanol–water partition coefficient (Wildman–Crippen LogP) is 2.56. The lowest BCUT2D eigenvalue weighted by molar-refractivity contribution is -0.120. The number of ether oxygens (including phenoxy) is 1. The predicted molar refractivity (Wildman–Crippen MR) is 103 cm³/mol. The lowest BCUT2D eigenvalue weighted by Gasteiger charge is -2.32. The maximum absolute atomic E-state index is 12.9. The first kappa shape index (κ1) is 19.9. The van der Waals surface area contributed by atoms with Crippen LogP contribution < -0.4 is 5.32 Å². The zero-order valence-electron chi connectivity index (χ0n) is 14.6. The number of piperidine rings is 1. The van der Waals surface area contributed by atoms with E-state index >= 15 is 0 Å². The highest BCUT2D eigenvalue weighted by Gasteiger charge is 2.38. The molecule has 0 bridgehead atoms. The lowest BCUT2D eigenvalue weighted by atomic mass is 10.0. The molecule has 1 aliphatic heterocycles. The van der Waals surface area contributed by atoms with Crippen molar-refractivity contribution in [2.45, 2.75) is 36.4 Å². The second-order valence-corrected chi connectivity index (χ2v) is 9.73. The average Bonchev–Trinajstić information content (AvgIpc) is 3.34. The molecule has 0 radical (unpaired) electrons. The van der Waals surface area contributed by atoms with E-state index in [1.54, 1.807) is 18.4 Å². The normalized spacial score (nSPS) is 18.2. The first-order valence-electron chi connectivity index (χ1n) is 8.42. The molecule has 2 aromatic heterocycles. The van der Waals surface area contributed by atoms with Gasteiger partial charge in [-0.2, -0.15) is 4.31 Å². The van der Waals surface area contributed by atoms with E-state index in [4.69, 9.17) is 4.74 Å². The van der Waals surface area contributed by atoms with Crippen LogP contribution >= 0.6 is 22.7 Å². The molecule has 0 aliphatic carbocycles. The summed E-state index contributed by atoms with van der Waals surface area (Å²) < 4.78 is 32.1. The van der Waals surface area contributed by atoms with E-state index in [1.807, 2.05) is 0 Å². The molecule has 1 fully saturated rings. The summed E-state index contributed by atoms with van der Waals surface area (Å²) in [6.45, 7) is 2.22. The number of sulfonamides is 1. The third-order valence-electron chi connectivity index (χ3n) is 4.03. The van der Waals surface area contributed by atoms with Crippen LogP contribution in [-0.4, -0.2) is 48.8 Å². The maximum Gasteiger partial charge on any atom is 0.357 e. The number of nitrogens with one attached hydrogen (secondary N) is 1. The number of amides is 1. The van der Waals surface area contributed by atoms with Gasteiger partial charge in [0.2, 0.25) is 5.91 Å². The Morgan fingerprint density at radius 1 is 1.37 bits per heavy atom. The molecule has 3 rings (SSSR count). The molecule has 1 atom stereocenters. The number of aromatic nitrogens is 1. The Labute approximate surface area is 165 Å². The molecule has 1 saturated heterocycles. The fourth-order valence-corrected chi connectivity index (χ4v) is 6.26. The standard InChI is InChI=1S/C16H19N3O5S3/c1-2-24-15(21)11-10-26-16(17-11)18-14(20)12-6-3-4-8-19(12)27(22,23)13-7-5-9-25-13/h5,7,9-10,12H,2-4,6,8H2,1H3,(H,17,18,20)/t12-/m1/s1. The molecular formula is C16H19N3O5S3. The van der Waals surface area contributed by atoms with Crippen molar-refractivity contribution in [1.82, 2.24) is 9.29 Å². The first-order chi connectivity index (χ1) is 12.9. The minimum Gasteiger partial charge on any atom is -0.461 e. The summed E-state index contributed by atoms with van der Waals surface area (Å²) in [6, 6.07) is 2.40. The van der Waals surface area contributed by atoms with Crippen molar-refractivity contribution < 1.29 is 22.7 Å². The third-order valence-corrected chi connectivity index (χ3v) is 8.07. The van der Waals surface area contributed by atoms with Gasteiger partial charge in [0.15, 0.2) is 10.8 Å². The minimum atomic E-state index is -3.72. The van der Waals surface area contributed by atoms with Crippen molar-refractivity contribution in [3.8, 4) is 0 Å². The SMILES string of the molecule is CCOC(=O)c1csc(NC(=O)[C@H]2CCCCN2S(=O)(=O)c2cccs2)n1. The molecule has 8 nitrogen and oxygen atoms in total. The molecule has 1 N–H and O–H groups in total. The monoisotopic (exact) mass is 429 g/mol. The summed E-state index contributed by atoms with van der Waals surface area (Å²) in [5, 5.41) is 6.06. The van der Waals surface area contributed by atoms with Gasteiger partial charge in [0.25, 0.3) is 10.0 Å². The topological polar surface area (TPSA) is 106 Å². The van der Waals surface area contributed by atoms with E-state index in [0.29, 0.717) is 19.4 Å². The molecule has 27 heavy (non-hydrogen) atoms. The minimum absolute atomic E-state index is 0.115. The van der Waals surface area contributed by atoms with Gasteiger partial charge in [0, 0.05) is 11.9 Å². The molecule has 11 heteroatoms. The summed E-state index contributed by atoms with van der Waals surface area (Å²) in [7, 11) is -3.72. The van der Waals surface area contributed by atoms with Crippen LogP contribution in [0.15, 0.2) is 27.1 Å². The molecular weight excluding hydrogens is 410 g/mol. The highest BCUT2D eigenvalue weighted by molar-refractivity contribution is 7.91. The zero-order valence-corrected chi connectivity index (χ0v) is 17.0. The van der Waals surface area contributed by atoms with Gasteiger partial charge in [0.05, 0.1) is 6.61 Å². The molecule has 0 saturated carbocycles. The van der Waals surface area contributed by atoms with Gasteiger partial charge in [-0.15, -0.1) is 22.7 Å². The van der Waals surface area contributed by atoms with E-state index in [1.165, 1.54) is 15.8 Å². The number of carbonyl (C=O) groups excluding carboxylic acids is 2. The van der Waals surface area contributed by atoms with Crippen molar-refractivity contribution in [3.63, 3.8) is 0 Å². The van der Waals surface area contributed by atoms with Crippen LogP contribution in [0.2, 0.25) is 0 Å². The van der Waals surface area contributed by atoms with E-state index in [-0.39, 0.29) is 21.6 Å². The number of hydrogen-bond acceptors (Lipinski definition) is 8. The van der Waals surface area contributed by atoms with Crippen molar-refractivity contribution in [1.29, 1.82) is 0 Å². The Hall–Kier alpha value is -1.82. The number of hydrogen-bond donors (Lipinski definition) is 1. The fraction of sp³-hybridized carbons (Fsp3) is 0.438. The highest BCUT2D eigenvalue weighted by atomic mass is 32.2. The fourth-order valence-electron chi connectivity index (χ4n) is 2.80. The Kier molecular flexibility index (Phi) is 6.25. The number of rotatable bonds is 6. The van der Waals surface area contributed by atoms with Gasteiger partial charge >= 0.3 is 5.97 Å². The van der Waals surface area contributed by atoms with Crippen molar-refractivity contribution in [2.75, 3.05) is 18.5 Å². The van der Waals surface area contributed by atoms with Gasteiger partial charge in [-0.05, 0) is 31.2 Å². The quantitative estimate of drug-likeness (QED) is 0.708. The van der Waals surface area contributed by atoms with Gasteiger partial charge in [-0.25, -0.2) is 18.2 Å². The van der Waals surface area contributed by atoms with Crippen LogP contribution in [0.4, 0.5) is 5.13 Å². The molecule has 1 amide bonds. The van der Waals surface area contributed by atoms with E-state index in [9.17, 15) is 18.0 Å². The molecule has 2 aromatic rings. The average molecular weight is 430 g/mol.